The first kappa shape index (κ1) is 14.9. The highest BCUT2D eigenvalue weighted by Crippen LogP contribution is 2.44. The molecule has 3 aromatic carbocycles. The lowest BCUT2D eigenvalue weighted by molar-refractivity contribution is 0.0703. The molecule has 4 heteroatoms. The normalized spacial score (nSPS) is 19.4. The number of carbonyl (C=O) groups is 1. The SMILES string of the molecule is O=C1c2ccccc2[C@](O)(c2ccc(Cl)cc2)N1c1ccccc1. The van der Waals surface area contributed by atoms with Crippen molar-refractivity contribution >= 4 is 23.2 Å². The van der Waals surface area contributed by atoms with Crippen LogP contribution in [0, 0.1) is 0 Å². The third-order valence-electron chi connectivity index (χ3n) is 4.32. The van der Waals surface area contributed by atoms with Gasteiger partial charge in [-0.3, -0.25) is 9.69 Å². The maximum absolute atomic E-state index is 13.0. The van der Waals surface area contributed by atoms with Gasteiger partial charge in [0.1, 0.15) is 0 Å². The van der Waals surface area contributed by atoms with Gasteiger partial charge in [-0.25, -0.2) is 0 Å². The Hall–Kier alpha value is -2.62. The van der Waals surface area contributed by atoms with Crippen LogP contribution < -0.4 is 4.90 Å². The van der Waals surface area contributed by atoms with Crippen molar-refractivity contribution in [3.63, 3.8) is 0 Å². The van der Waals surface area contributed by atoms with Crippen LogP contribution in [0.25, 0.3) is 0 Å². The Bertz CT molecular complexity index is 908. The van der Waals surface area contributed by atoms with Crippen molar-refractivity contribution < 1.29 is 9.90 Å². The largest absolute Gasteiger partial charge is 0.363 e. The van der Waals surface area contributed by atoms with E-state index in [1.807, 2.05) is 36.4 Å². The molecule has 0 bridgehead atoms. The fourth-order valence-corrected chi connectivity index (χ4v) is 3.34. The second-order valence-corrected chi connectivity index (χ2v) is 6.14. The minimum Gasteiger partial charge on any atom is -0.363 e. The molecule has 118 valence electrons. The number of benzene rings is 3. The number of nitrogens with zero attached hydrogens (tertiary/aromatic N) is 1. The minimum absolute atomic E-state index is 0.228. The van der Waals surface area contributed by atoms with Crippen LogP contribution in [-0.4, -0.2) is 11.0 Å². The van der Waals surface area contributed by atoms with Gasteiger partial charge in [0.25, 0.3) is 5.91 Å². The minimum atomic E-state index is -1.57. The molecule has 4 rings (SSSR count). The number of carbonyl (C=O) groups excluding carboxylic acids is 1. The Morgan fingerprint density at radius 1 is 0.833 bits per heavy atom. The molecule has 0 spiro atoms. The van der Waals surface area contributed by atoms with E-state index < -0.39 is 5.72 Å². The molecular formula is C20H14ClNO2. The zero-order valence-electron chi connectivity index (χ0n) is 12.7. The molecule has 1 aliphatic heterocycles. The van der Waals surface area contributed by atoms with Crippen molar-refractivity contribution in [1.82, 2.24) is 0 Å². The zero-order valence-corrected chi connectivity index (χ0v) is 13.4. The summed E-state index contributed by atoms with van der Waals surface area (Å²) in [5.74, 6) is -0.228. The van der Waals surface area contributed by atoms with E-state index in [4.69, 9.17) is 11.6 Å². The van der Waals surface area contributed by atoms with E-state index in [2.05, 4.69) is 0 Å². The predicted octanol–water partition coefficient (Wildman–Crippen LogP) is 4.19. The van der Waals surface area contributed by atoms with Gasteiger partial charge in [0.2, 0.25) is 0 Å². The van der Waals surface area contributed by atoms with Crippen LogP contribution >= 0.6 is 11.6 Å². The van der Waals surface area contributed by atoms with Crippen molar-refractivity contribution in [2.45, 2.75) is 5.72 Å². The fraction of sp³-hybridized carbons (Fsp3) is 0.0500. The third kappa shape index (κ3) is 2.06. The lowest BCUT2D eigenvalue weighted by atomic mass is 9.93. The molecule has 0 saturated heterocycles. The molecule has 3 aromatic rings. The highest BCUT2D eigenvalue weighted by molar-refractivity contribution is 6.30. The van der Waals surface area contributed by atoms with Gasteiger partial charge < -0.3 is 5.11 Å². The summed E-state index contributed by atoms with van der Waals surface area (Å²) in [6.07, 6.45) is 0. The van der Waals surface area contributed by atoms with Gasteiger partial charge in [-0.2, -0.15) is 0 Å². The molecule has 0 unspecified atom stereocenters. The third-order valence-corrected chi connectivity index (χ3v) is 4.57. The number of aliphatic hydroxyl groups is 1. The van der Waals surface area contributed by atoms with E-state index in [0.717, 1.165) is 0 Å². The molecule has 0 aromatic heterocycles. The Morgan fingerprint density at radius 3 is 2.17 bits per heavy atom. The molecule has 0 saturated carbocycles. The summed E-state index contributed by atoms with van der Waals surface area (Å²) >= 11 is 5.98. The molecule has 0 aliphatic carbocycles. The van der Waals surface area contributed by atoms with Gasteiger partial charge in [0.05, 0.1) is 0 Å². The number of halogens is 1. The van der Waals surface area contributed by atoms with Crippen molar-refractivity contribution in [2.75, 3.05) is 4.90 Å². The van der Waals surface area contributed by atoms with E-state index in [9.17, 15) is 9.90 Å². The summed E-state index contributed by atoms with van der Waals surface area (Å²) in [7, 11) is 0. The molecule has 0 fully saturated rings. The van der Waals surface area contributed by atoms with Crippen LogP contribution in [0.1, 0.15) is 21.5 Å². The van der Waals surface area contributed by atoms with E-state index in [0.29, 0.717) is 27.4 Å². The first-order valence-electron chi connectivity index (χ1n) is 7.60. The number of amides is 1. The molecule has 1 aliphatic rings. The Balaban J connectivity index is 1.99. The van der Waals surface area contributed by atoms with Crippen molar-refractivity contribution in [3.05, 3.63) is 101 Å². The molecule has 1 amide bonds. The van der Waals surface area contributed by atoms with E-state index >= 15 is 0 Å². The average Bonchev–Trinajstić information content (AvgIpc) is 2.85. The highest BCUT2D eigenvalue weighted by Gasteiger charge is 2.50. The van der Waals surface area contributed by atoms with Gasteiger partial charge in [-0.15, -0.1) is 0 Å². The topological polar surface area (TPSA) is 40.5 Å². The number of fused-ring (bicyclic) bond motifs is 1. The standard InChI is InChI=1S/C20H14ClNO2/c21-15-12-10-14(11-13-15)20(24)18-9-5-4-8-17(18)19(23)22(20)16-6-2-1-3-7-16/h1-13,24H/t20-/m1/s1. The van der Waals surface area contributed by atoms with Gasteiger partial charge in [0.15, 0.2) is 5.72 Å². The maximum Gasteiger partial charge on any atom is 0.261 e. The predicted molar refractivity (Wildman–Crippen MR) is 94.1 cm³/mol. The second kappa shape index (κ2) is 5.48. The van der Waals surface area contributed by atoms with Crippen LogP contribution in [-0.2, 0) is 5.72 Å². The Morgan fingerprint density at radius 2 is 1.46 bits per heavy atom. The molecule has 3 nitrogen and oxygen atoms in total. The van der Waals surface area contributed by atoms with E-state index in [1.165, 1.54) is 4.90 Å². The first-order chi connectivity index (χ1) is 11.6. The molecule has 1 N–H and O–H groups in total. The van der Waals surface area contributed by atoms with Crippen LogP contribution in [0.15, 0.2) is 78.9 Å². The van der Waals surface area contributed by atoms with Crippen molar-refractivity contribution in [3.8, 4) is 0 Å². The fourth-order valence-electron chi connectivity index (χ4n) is 3.21. The Kier molecular flexibility index (Phi) is 3.41. The lowest BCUT2D eigenvalue weighted by Gasteiger charge is -2.34. The van der Waals surface area contributed by atoms with Crippen LogP contribution in [0.5, 0.6) is 0 Å². The molecular weight excluding hydrogens is 322 g/mol. The van der Waals surface area contributed by atoms with E-state index in [-0.39, 0.29) is 5.91 Å². The van der Waals surface area contributed by atoms with E-state index in [1.54, 1.807) is 42.5 Å². The smallest absolute Gasteiger partial charge is 0.261 e. The lowest BCUT2D eigenvalue weighted by Crippen LogP contribution is -2.45. The Labute approximate surface area is 144 Å². The number of hydrogen-bond acceptors (Lipinski definition) is 2. The van der Waals surface area contributed by atoms with Crippen LogP contribution in [0.4, 0.5) is 5.69 Å². The summed E-state index contributed by atoms with van der Waals surface area (Å²) in [6.45, 7) is 0. The number of hydrogen-bond donors (Lipinski definition) is 1. The summed E-state index contributed by atoms with van der Waals surface area (Å²) in [5, 5.41) is 12.2. The van der Waals surface area contributed by atoms with Gasteiger partial charge in [0, 0.05) is 27.4 Å². The van der Waals surface area contributed by atoms with Gasteiger partial charge in [-0.1, -0.05) is 60.1 Å². The zero-order chi connectivity index (χ0) is 16.7. The van der Waals surface area contributed by atoms with Crippen molar-refractivity contribution in [1.29, 1.82) is 0 Å². The average molecular weight is 336 g/mol. The molecule has 24 heavy (non-hydrogen) atoms. The highest BCUT2D eigenvalue weighted by atomic mass is 35.5. The molecule has 0 radical (unpaired) electrons. The second-order valence-electron chi connectivity index (χ2n) is 5.70. The maximum atomic E-state index is 13.0. The van der Waals surface area contributed by atoms with Crippen molar-refractivity contribution in [2.24, 2.45) is 0 Å². The number of rotatable bonds is 2. The summed E-state index contributed by atoms with van der Waals surface area (Å²) in [5.41, 5.74) is 0.727. The molecule has 1 atom stereocenters. The van der Waals surface area contributed by atoms with Gasteiger partial charge >= 0.3 is 0 Å². The number of anilines is 1. The quantitative estimate of drug-likeness (QED) is 0.762. The summed E-state index contributed by atoms with van der Waals surface area (Å²) in [4.78, 5) is 14.4. The number of para-hydroxylation sites is 1. The summed E-state index contributed by atoms with van der Waals surface area (Å²) in [6, 6.07) is 23.2. The van der Waals surface area contributed by atoms with Crippen LogP contribution in [0.2, 0.25) is 5.02 Å². The van der Waals surface area contributed by atoms with Gasteiger partial charge in [-0.05, 0) is 30.3 Å². The molecule has 1 heterocycles. The monoisotopic (exact) mass is 335 g/mol. The summed E-state index contributed by atoms with van der Waals surface area (Å²) < 4.78 is 0. The first-order valence-corrected chi connectivity index (χ1v) is 7.97. The van der Waals surface area contributed by atoms with Crippen LogP contribution in [0.3, 0.4) is 0 Å².